The molecule has 0 bridgehead atoms. The summed E-state index contributed by atoms with van der Waals surface area (Å²) in [6.45, 7) is 0. The van der Waals surface area contributed by atoms with E-state index < -0.39 is 0 Å². The van der Waals surface area contributed by atoms with Gasteiger partial charge in [-0.15, -0.1) is 5.10 Å². The third-order valence-electron chi connectivity index (χ3n) is 1.76. The van der Waals surface area contributed by atoms with Crippen LogP contribution in [-0.4, -0.2) is 10.2 Å². The van der Waals surface area contributed by atoms with Crippen LogP contribution < -0.4 is 11.3 Å². The van der Waals surface area contributed by atoms with E-state index in [1.807, 2.05) is 0 Å². The van der Waals surface area contributed by atoms with Gasteiger partial charge in [-0.05, 0) is 18.2 Å². The minimum Gasteiger partial charge on any atom is -0.306 e. The average Bonchev–Trinajstić information content (AvgIpc) is 2.16. The lowest BCUT2D eigenvalue weighted by molar-refractivity contribution is 0.629. The Kier molecular flexibility index (Phi) is 1.79. The molecule has 0 aliphatic carbocycles. The zero-order valence-corrected chi connectivity index (χ0v) is 6.66. The molecule has 0 aliphatic rings. The van der Waals surface area contributed by atoms with Gasteiger partial charge in [0.25, 0.3) is 0 Å². The van der Waals surface area contributed by atoms with Crippen molar-refractivity contribution in [3.63, 3.8) is 0 Å². The summed E-state index contributed by atoms with van der Waals surface area (Å²) >= 11 is 0. The lowest BCUT2D eigenvalue weighted by atomic mass is 10.2. The second-order valence-corrected chi connectivity index (χ2v) is 2.57. The molecule has 0 saturated heterocycles. The number of nitrogens with zero attached hydrogens (tertiary/aromatic N) is 2. The average molecular weight is 178 g/mol. The van der Waals surface area contributed by atoms with Crippen LogP contribution in [0.4, 0.5) is 10.2 Å². The standard InChI is InChI=1S/C8H7FN4/c9-6-1-2-7-5(3-6)4-11-13-8(7)12-10/h1-4H,10H2,(H,12,13). The van der Waals surface area contributed by atoms with Crippen LogP contribution in [0.3, 0.4) is 0 Å². The van der Waals surface area contributed by atoms with Gasteiger partial charge >= 0.3 is 0 Å². The smallest absolute Gasteiger partial charge is 0.170 e. The Labute approximate surface area is 73.5 Å². The van der Waals surface area contributed by atoms with Crippen LogP contribution in [0.5, 0.6) is 0 Å². The Morgan fingerprint density at radius 1 is 1.38 bits per heavy atom. The van der Waals surface area contributed by atoms with Gasteiger partial charge in [-0.25, -0.2) is 10.2 Å². The van der Waals surface area contributed by atoms with E-state index in [0.717, 1.165) is 5.39 Å². The van der Waals surface area contributed by atoms with Crippen molar-refractivity contribution in [3.8, 4) is 0 Å². The zero-order chi connectivity index (χ0) is 9.26. The van der Waals surface area contributed by atoms with Crippen molar-refractivity contribution in [2.24, 2.45) is 5.84 Å². The number of hydrazine groups is 1. The molecule has 0 fully saturated rings. The van der Waals surface area contributed by atoms with Crippen LogP contribution in [0.1, 0.15) is 0 Å². The summed E-state index contributed by atoms with van der Waals surface area (Å²) in [5, 5.41) is 8.83. The topological polar surface area (TPSA) is 63.8 Å². The number of benzene rings is 1. The number of nitrogen functional groups attached to an aromatic ring is 1. The second-order valence-electron chi connectivity index (χ2n) is 2.57. The van der Waals surface area contributed by atoms with E-state index in [4.69, 9.17) is 5.84 Å². The first-order valence-electron chi connectivity index (χ1n) is 3.69. The summed E-state index contributed by atoms with van der Waals surface area (Å²) in [4.78, 5) is 0. The maximum absolute atomic E-state index is 12.8. The highest BCUT2D eigenvalue weighted by atomic mass is 19.1. The van der Waals surface area contributed by atoms with Gasteiger partial charge in [-0.3, -0.25) is 0 Å². The summed E-state index contributed by atoms with van der Waals surface area (Å²) in [7, 11) is 0. The molecule has 0 atom stereocenters. The van der Waals surface area contributed by atoms with Crippen LogP contribution in [0.25, 0.3) is 10.8 Å². The molecule has 13 heavy (non-hydrogen) atoms. The molecule has 3 N–H and O–H groups in total. The molecule has 4 nitrogen and oxygen atoms in total. The Bertz CT molecular complexity index is 443. The highest BCUT2D eigenvalue weighted by Gasteiger charge is 2.01. The Hall–Kier alpha value is -1.75. The van der Waals surface area contributed by atoms with Crippen LogP contribution in [-0.2, 0) is 0 Å². The zero-order valence-electron chi connectivity index (χ0n) is 6.66. The predicted octanol–water partition coefficient (Wildman–Crippen LogP) is 1.05. The first-order chi connectivity index (χ1) is 6.31. The molecule has 5 heteroatoms. The number of hydrogen-bond donors (Lipinski definition) is 2. The fourth-order valence-corrected chi connectivity index (χ4v) is 1.17. The van der Waals surface area contributed by atoms with Crippen LogP contribution in [0.15, 0.2) is 24.4 Å². The summed E-state index contributed by atoms with van der Waals surface area (Å²) in [5.74, 6) is 5.35. The molecular formula is C8H7FN4. The van der Waals surface area contributed by atoms with Gasteiger partial charge in [-0.1, -0.05) is 0 Å². The highest BCUT2D eigenvalue weighted by Crippen LogP contribution is 2.19. The number of hydrogen-bond acceptors (Lipinski definition) is 4. The van der Waals surface area contributed by atoms with Gasteiger partial charge in [0.15, 0.2) is 5.82 Å². The maximum atomic E-state index is 12.8. The van der Waals surface area contributed by atoms with E-state index >= 15 is 0 Å². The van der Waals surface area contributed by atoms with Gasteiger partial charge in [0, 0.05) is 10.8 Å². The molecule has 2 aromatic rings. The van der Waals surface area contributed by atoms with Gasteiger partial charge in [0.1, 0.15) is 5.82 Å². The first kappa shape index (κ1) is 7.88. The fourth-order valence-electron chi connectivity index (χ4n) is 1.17. The van der Waals surface area contributed by atoms with Crippen molar-refractivity contribution in [2.45, 2.75) is 0 Å². The monoisotopic (exact) mass is 178 g/mol. The molecule has 1 aromatic carbocycles. The van der Waals surface area contributed by atoms with Gasteiger partial charge < -0.3 is 5.43 Å². The van der Waals surface area contributed by atoms with E-state index in [0.29, 0.717) is 11.2 Å². The van der Waals surface area contributed by atoms with Crippen LogP contribution in [0.2, 0.25) is 0 Å². The minimum absolute atomic E-state index is 0.302. The minimum atomic E-state index is -0.302. The molecule has 0 radical (unpaired) electrons. The van der Waals surface area contributed by atoms with E-state index in [-0.39, 0.29) is 5.82 Å². The van der Waals surface area contributed by atoms with Crippen LogP contribution in [0, 0.1) is 5.82 Å². The quantitative estimate of drug-likeness (QED) is 0.506. The normalized spacial score (nSPS) is 10.3. The largest absolute Gasteiger partial charge is 0.306 e. The van der Waals surface area contributed by atoms with Gasteiger partial charge in [-0.2, -0.15) is 5.10 Å². The van der Waals surface area contributed by atoms with Crippen molar-refractivity contribution in [3.05, 3.63) is 30.2 Å². The molecule has 1 heterocycles. The Morgan fingerprint density at radius 2 is 2.23 bits per heavy atom. The predicted molar refractivity (Wildman–Crippen MR) is 47.3 cm³/mol. The number of halogens is 1. The summed E-state index contributed by atoms with van der Waals surface area (Å²) in [6.07, 6.45) is 1.49. The van der Waals surface area contributed by atoms with Crippen molar-refractivity contribution >= 4 is 16.6 Å². The van der Waals surface area contributed by atoms with E-state index in [2.05, 4.69) is 15.6 Å². The Balaban J connectivity index is 2.77. The van der Waals surface area contributed by atoms with Crippen LogP contribution >= 0.6 is 0 Å². The Morgan fingerprint density at radius 3 is 3.00 bits per heavy atom. The lowest BCUT2D eigenvalue weighted by Gasteiger charge is -2.02. The number of nitrogens with two attached hydrogens (primary N) is 1. The molecule has 1 aromatic heterocycles. The van der Waals surface area contributed by atoms with Crippen molar-refractivity contribution < 1.29 is 4.39 Å². The third kappa shape index (κ3) is 1.29. The van der Waals surface area contributed by atoms with Gasteiger partial charge in [0.2, 0.25) is 0 Å². The van der Waals surface area contributed by atoms with E-state index in [9.17, 15) is 4.39 Å². The second kappa shape index (κ2) is 2.95. The summed E-state index contributed by atoms with van der Waals surface area (Å²) in [6, 6.07) is 4.34. The summed E-state index contributed by atoms with van der Waals surface area (Å²) in [5.41, 5.74) is 2.39. The molecule has 0 spiro atoms. The van der Waals surface area contributed by atoms with Gasteiger partial charge in [0.05, 0.1) is 6.20 Å². The molecule has 0 saturated carbocycles. The number of nitrogens with one attached hydrogen (secondary N) is 1. The number of anilines is 1. The number of aromatic nitrogens is 2. The molecule has 0 amide bonds. The van der Waals surface area contributed by atoms with Crippen molar-refractivity contribution in [1.82, 2.24) is 10.2 Å². The molecule has 0 unspecified atom stereocenters. The molecule has 66 valence electrons. The van der Waals surface area contributed by atoms with E-state index in [1.165, 1.54) is 18.3 Å². The SMILES string of the molecule is NNc1nncc2cc(F)ccc12. The molecule has 2 rings (SSSR count). The molecule has 0 aliphatic heterocycles. The maximum Gasteiger partial charge on any atom is 0.170 e. The number of rotatable bonds is 1. The highest BCUT2D eigenvalue weighted by molar-refractivity contribution is 5.90. The lowest BCUT2D eigenvalue weighted by Crippen LogP contribution is -2.09. The first-order valence-corrected chi connectivity index (χ1v) is 3.69. The van der Waals surface area contributed by atoms with Crippen molar-refractivity contribution in [1.29, 1.82) is 0 Å². The number of fused-ring (bicyclic) bond motifs is 1. The fraction of sp³-hybridized carbons (Fsp3) is 0. The summed E-state index contributed by atoms with van der Waals surface area (Å²) < 4.78 is 12.8. The molecular weight excluding hydrogens is 171 g/mol. The third-order valence-corrected chi connectivity index (χ3v) is 1.76. The van der Waals surface area contributed by atoms with Crippen molar-refractivity contribution in [2.75, 3.05) is 5.43 Å². The van der Waals surface area contributed by atoms with E-state index in [1.54, 1.807) is 6.07 Å².